The molecule has 0 unspecified atom stereocenters. The van der Waals surface area contributed by atoms with Crippen molar-refractivity contribution in [2.75, 3.05) is 6.61 Å². The van der Waals surface area contributed by atoms with Crippen molar-refractivity contribution in [2.24, 2.45) is 5.41 Å². The van der Waals surface area contributed by atoms with Crippen LogP contribution in [0.2, 0.25) is 0 Å². The predicted octanol–water partition coefficient (Wildman–Crippen LogP) is 4.02. The highest BCUT2D eigenvalue weighted by atomic mass is 16.5. The monoisotopic (exact) mass is 333 g/mol. The van der Waals surface area contributed by atoms with E-state index in [4.69, 9.17) is 4.74 Å². The number of hydrogen-bond acceptors (Lipinski definition) is 3. The number of nitrogens with zero attached hydrogens (tertiary/aromatic N) is 1. The van der Waals surface area contributed by atoms with Gasteiger partial charge in [-0.05, 0) is 23.8 Å². The summed E-state index contributed by atoms with van der Waals surface area (Å²) < 4.78 is 6.10. The van der Waals surface area contributed by atoms with E-state index in [1.165, 1.54) is 0 Å². The average molecular weight is 333 g/mol. The lowest BCUT2D eigenvalue weighted by atomic mass is 9.67. The Morgan fingerprint density at radius 2 is 1.75 bits per heavy atom. The van der Waals surface area contributed by atoms with Crippen molar-refractivity contribution < 1.29 is 19.4 Å². The van der Waals surface area contributed by atoms with Crippen LogP contribution < -0.4 is 0 Å². The summed E-state index contributed by atoms with van der Waals surface area (Å²) in [6, 6.07) is 9.31. The molecule has 132 valence electrons. The Hall–Kier alpha value is -1.88. The number of rotatable bonds is 3. The van der Waals surface area contributed by atoms with Crippen LogP contribution >= 0.6 is 0 Å². The van der Waals surface area contributed by atoms with Crippen molar-refractivity contribution in [2.45, 2.75) is 58.6 Å². The average Bonchev–Trinajstić information content (AvgIpc) is 2.54. The number of hydrogen-bond donors (Lipinski definition) is 1. The Kier molecular flexibility index (Phi) is 4.77. The van der Waals surface area contributed by atoms with Gasteiger partial charge in [-0.15, -0.1) is 0 Å². The van der Waals surface area contributed by atoms with Gasteiger partial charge in [-0.2, -0.15) is 0 Å². The van der Waals surface area contributed by atoms with Crippen LogP contribution in [0.5, 0.6) is 0 Å². The van der Waals surface area contributed by atoms with E-state index in [9.17, 15) is 14.7 Å². The van der Waals surface area contributed by atoms with E-state index in [0.29, 0.717) is 12.8 Å². The molecule has 0 saturated carbocycles. The molecule has 5 nitrogen and oxygen atoms in total. The van der Waals surface area contributed by atoms with Crippen molar-refractivity contribution in [3.05, 3.63) is 35.9 Å². The van der Waals surface area contributed by atoms with E-state index in [2.05, 4.69) is 0 Å². The fraction of sp³-hybridized carbons (Fsp3) is 0.579. The predicted molar refractivity (Wildman–Crippen MR) is 91.7 cm³/mol. The molecule has 24 heavy (non-hydrogen) atoms. The summed E-state index contributed by atoms with van der Waals surface area (Å²) in [5.41, 5.74) is -1.89. The van der Waals surface area contributed by atoms with Crippen LogP contribution in [0.25, 0.3) is 0 Å². The van der Waals surface area contributed by atoms with Crippen LogP contribution in [0.1, 0.15) is 53.0 Å². The van der Waals surface area contributed by atoms with Gasteiger partial charge in [0.1, 0.15) is 11.1 Å². The van der Waals surface area contributed by atoms with E-state index in [0.717, 1.165) is 10.5 Å². The quantitative estimate of drug-likeness (QED) is 0.907. The van der Waals surface area contributed by atoms with Gasteiger partial charge in [0.2, 0.25) is 0 Å². The van der Waals surface area contributed by atoms with Crippen LogP contribution in [-0.4, -0.2) is 34.2 Å². The Bertz CT molecular complexity index is 616. The molecular weight excluding hydrogens is 306 g/mol. The van der Waals surface area contributed by atoms with Crippen molar-refractivity contribution in [1.29, 1.82) is 0 Å². The Balaban J connectivity index is 2.72. The number of carbonyl (C=O) groups is 2. The summed E-state index contributed by atoms with van der Waals surface area (Å²) >= 11 is 0. The fourth-order valence-corrected chi connectivity index (χ4v) is 3.66. The molecule has 1 aromatic carbocycles. The maximum atomic E-state index is 13.2. The van der Waals surface area contributed by atoms with Crippen molar-refractivity contribution in [3.8, 4) is 0 Å². The molecule has 1 N–H and O–H groups in total. The molecule has 1 heterocycles. The van der Waals surface area contributed by atoms with Crippen LogP contribution in [0.3, 0.4) is 0 Å². The van der Waals surface area contributed by atoms with E-state index < -0.39 is 28.6 Å². The first-order chi connectivity index (χ1) is 11.2. The number of carboxylic acid groups (broad SMARTS) is 1. The molecule has 2 amide bonds. The van der Waals surface area contributed by atoms with Crippen LogP contribution in [0.4, 0.5) is 4.79 Å². The van der Waals surface area contributed by atoms with Gasteiger partial charge >= 0.3 is 6.09 Å². The summed E-state index contributed by atoms with van der Waals surface area (Å²) in [4.78, 5) is 26.4. The first kappa shape index (κ1) is 18.5. The molecule has 1 aromatic rings. The second-order valence-electron chi connectivity index (χ2n) is 7.39. The topological polar surface area (TPSA) is 66.8 Å². The third kappa shape index (κ3) is 2.51. The third-order valence-electron chi connectivity index (χ3n) is 5.36. The fourth-order valence-electron chi connectivity index (χ4n) is 3.66. The first-order valence-electron chi connectivity index (χ1n) is 8.43. The summed E-state index contributed by atoms with van der Waals surface area (Å²) in [7, 11) is 0. The largest absolute Gasteiger partial charge is 0.465 e. The van der Waals surface area contributed by atoms with Gasteiger partial charge in [0, 0.05) is 0 Å². The molecule has 0 aromatic heterocycles. The lowest BCUT2D eigenvalue weighted by molar-refractivity contribution is -0.205. The lowest BCUT2D eigenvalue weighted by Crippen LogP contribution is -2.70. The zero-order valence-electron chi connectivity index (χ0n) is 15.1. The number of benzene rings is 1. The minimum atomic E-state index is -1.23. The minimum absolute atomic E-state index is 0.153. The highest BCUT2D eigenvalue weighted by molar-refractivity contribution is 5.98. The molecule has 0 radical (unpaired) electrons. The summed E-state index contributed by atoms with van der Waals surface area (Å²) in [5.74, 6) is -0.468. The van der Waals surface area contributed by atoms with Gasteiger partial charge in [0.25, 0.3) is 5.91 Å². The maximum Gasteiger partial charge on any atom is 0.415 e. The van der Waals surface area contributed by atoms with Crippen LogP contribution in [0, 0.1) is 5.41 Å². The van der Waals surface area contributed by atoms with Crippen LogP contribution in [-0.2, 0) is 15.1 Å². The van der Waals surface area contributed by atoms with E-state index in [1.54, 1.807) is 0 Å². The van der Waals surface area contributed by atoms with Gasteiger partial charge < -0.3 is 9.84 Å². The van der Waals surface area contributed by atoms with Gasteiger partial charge in [0.15, 0.2) is 0 Å². The highest BCUT2D eigenvalue weighted by Gasteiger charge is 2.61. The summed E-state index contributed by atoms with van der Waals surface area (Å²) in [6.45, 7) is 9.69. The second-order valence-corrected chi connectivity index (χ2v) is 7.39. The number of carbonyl (C=O) groups excluding carboxylic acids is 1. The first-order valence-corrected chi connectivity index (χ1v) is 8.43. The van der Waals surface area contributed by atoms with Gasteiger partial charge in [-0.1, -0.05) is 65.0 Å². The molecule has 1 fully saturated rings. The van der Waals surface area contributed by atoms with Gasteiger partial charge in [-0.25, -0.2) is 9.69 Å². The molecule has 1 aliphatic heterocycles. The molecule has 5 heteroatoms. The summed E-state index contributed by atoms with van der Waals surface area (Å²) in [5, 5.41) is 9.94. The van der Waals surface area contributed by atoms with Gasteiger partial charge in [0.05, 0.1) is 6.61 Å². The Morgan fingerprint density at radius 1 is 1.21 bits per heavy atom. The smallest absolute Gasteiger partial charge is 0.415 e. The molecule has 1 atom stereocenters. The zero-order valence-corrected chi connectivity index (χ0v) is 15.1. The molecule has 1 aliphatic rings. The van der Waals surface area contributed by atoms with E-state index >= 15 is 0 Å². The number of ether oxygens (including phenoxy) is 1. The SMILES string of the molecule is CCC1(CC)OC[C@](c2ccccc2)(C(C)(C)C)N(C(=O)O)C1=O. The Morgan fingerprint density at radius 3 is 2.17 bits per heavy atom. The standard InChI is InChI=1S/C19H27NO4/c1-6-18(7-2)15(21)20(16(22)23)19(13-24-18,17(3,4)5)14-11-9-8-10-12-14/h8-12H,6-7,13H2,1-5H3,(H,22,23)/t19-/m0/s1. The zero-order chi connectivity index (χ0) is 18.2. The number of amides is 2. The molecular formula is C19H27NO4. The normalized spacial score (nSPS) is 24.0. The minimum Gasteiger partial charge on any atom is -0.465 e. The number of morpholine rings is 1. The highest BCUT2D eigenvalue weighted by Crippen LogP contribution is 2.49. The van der Waals surface area contributed by atoms with Crippen molar-refractivity contribution in [1.82, 2.24) is 4.90 Å². The third-order valence-corrected chi connectivity index (χ3v) is 5.36. The van der Waals surface area contributed by atoms with Crippen molar-refractivity contribution in [3.63, 3.8) is 0 Å². The molecule has 0 aliphatic carbocycles. The molecule has 2 rings (SSSR count). The lowest BCUT2D eigenvalue weighted by Gasteiger charge is -2.56. The molecule has 0 bridgehead atoms. The van der Waals surface area contributed by atoms with E-state index in [1.807, 2.05) is 65.0 Å². The van der Waals surface area contributed by atoms with Gasteiger partial charge in [-0.3, -0.25) is 4.79 Å². The summed E-state index contributed by atoms with van der Waals surface area (Å²) in [6.07, 6.45) is -0.337. The molecule has 1 saturated heterocycles. The Labute approximate surface area is 143 Å². The maximum absolute atomic E-state index is 13.2. The van der Waals surface area contributed by atoms with Crippen LogP contribution in [0.15, 0.2) is 30.3 Å². The second kappa shape index (κ2) is 6.20. The van der Waals surface area contributed by atoms with E-state index in [-0.39, 0.29) is 6.61 Å². The van der Waals surface area contributed by atoms with Crippen molar-refractivity contribution >= 4 is 12.0 Å². The number of imide groups is 1. The molecule has 0 spiro atoms.